The molecule has 0 radical (unpaired) electrons. The van der Waals surface area contributed by atoms with Crippen LogP contribution in [-0.2, 0) is 24.3 Å². The number of carbonyl (C=O) groups is 2. The van der Waals surface area contributed by atoms with Crippen LogP contribution in [0.5, 0.6) is 0 Å². The molecule has 1 amide bonds. The van der Waals surface area contributed by atoms with Gasteiger partial charge in [0.05, 0.1) is 11.0 Å². The Morgan fingerprint density at radius 3 is 2.33 bits per heavy atom. The van der Waals surface area contributed by atoms with Crippen LogP contribution in [0.4, 0.5) is 0 Å². The van der Waals surface area contributed by atoms with Crippen molar-refractivity contribution in [3.8, 4) is 0 Å². The lowest BCUT2D eigenvalue weighted by Gasteiger charge is -2.27. The molecular formula is C21H28N2O5S2. The van der Waals surface area contributed by atoms with Crippen molar-refractivity contribution in [2.24, 2.45) is 5.92 Å². The second kappa shape index (κ2) is 10.2. The smallest absolute Gasteiger partial charge is 0.328 e. The molecule has 0 spiro atoms. The molecule has 164 valence electrons. The van der Waals surface area contributed by atoms with Crippen LogP contribution >= 0.6 is 11.8 Å². The number of rotatable bonds is 8. The third-order valence-electron chi connectivity index (χ3n) is 4.15. The predicted octanol–water partition coefficient (Wildman–Crippen LogP) is 3.53. The zero-order chi connectivity index (χ0) is 22.5. The van der Waals surface area contributed by atoms with Crippen molar-refractivity contribution in [1.29, 1.82) is 0 Å². The fraction of sp³-hybridized carbons (Fsp3) is 0.429. The summed E-state index contributed by atoms with van der Waals surface area (Å²) in [5, 5.41) is 5.67. The van der Waals surface area contributed by atoms with Gasteiger partial charge in [-0.05, 0) is 50.7 Å². The van der Waals surface area contributed by atoms with Gasteiger partial charge in [-0.2, -0.15) is 0 Å². The van der Waals surface area contributed by atoms with Gasteiger partial charge < -0.3 is 10.1 Å². The molecule has 0 bridgehead atoms. The minimum absolute atomic E-state index is 0.0706. The van der Waals surface area contributed by atoms with Gasteiger partial charge in [0, 0.05) is 11.6 Å². The van der Waals surface area contributed by atoms with Crippen molar-refractivity contribution in [1.82, 2.24) is 9.62 Å². The Bertz CT molecular complexity index is 935. The average molecular weight is 453 g/mol. The van der Waals surface area contributed by atoms with Crippen LogP contribution in [0, 0.1) is 12.8 Å². The Kier molecular flexibility index (Phi) is 8.14. The highest BCUT2D eigenvalue weighted by Gasteiger charge is 2.33. The molecule has 1 heterocycles. The number of thioether (sulfide) groups is 1. The van der Waals surface area contributed by atoms with E-state index in [1.54, 1.807) is 31.4 Å². The first kappa shape index (κ1) is 24.0. The number of benzene rings is 1. The normalized spacial score (nSPS) is 15.2. The van der Waals surface area contributed by atoms with E-state index in [2.05, 4.69) is 5.32 Å². The molecule has 1 aromatic carbocycles. The molecule has 7 nitrogen and oxygen atoms in total. The lowest BCUT2D eigenvalue weighted by molar-refractivity contribution is -0.151. The number of ether oxygens (including phenoxy) is 1. The van der Waals surface area contributed by atoms with E-state index in [9.17, 15) is 18.0 Å². The maximum absolute atomic E-state index is 13.1. The summed E-state index contributed by atoms with van der Waals surface area (Å²) in [5.74, 6) is -1.08. The highest BCUT2D eigenvalue weighted by Crippen LogP contribution is 2.28. The number of esters is 1. The Morgan fingerprint density at radius 1 is 1.13 bits per heavy atom. The summed E-state index contributed by atoms with van der Waals surface area (Å²) < 4.78 is 32.4. The number of amides is 1. The zero-order valence-corrected chi connectivity index (χ0v) is 19.4. The highest BCUT2D eigenvalue weighted by atomic mass is 32.2. The van der Waals surface area contributed by atoms with Crippen LogP contribution < -0.4 is 5.32 Å². The van der Waals surface area contributed by atoms with Gasteiger partial charge in [-0.1, -0.05) is 31.5 Å². The Hall–Kier alpha value is -2.26. The summed E-state index contributed by atoms with van der Waals surface area (Å²) in [7, 11) is -3.98. The van der Waals surface area contributed by atoms with Crippen molar-refractivity contribution in [3.63, 3.8) is 0 Å². The van der Waals surface area contributed by atoms with Crippen molar-refractivity contribution in [3.05, 3.63) is 52.5 Å². The number of sulfonamides is 1. The van der Waals surface area contributed by atoms with Gasteiger partial charge in [0.25, 0.3) is 15.9 Å². The quantitative estimate of drug-likeness (QED) is 0.607. The fourth-order valence-corrected chi connectivity index (χ4v) is 4.83. The predicted molar refractivity (Wildman–Crippen MR) is 118 cm³/mol. The lowest BCUT2D eigenvalue weighted by Crippen LogP contribution is -2.46. The first-order chi connectivity index (χ1) is 14.0. The molecule has 0 fully saturated rings. The van der Waals surface area contributed by atoms with E-state index in [0.29, 0.717) is 6.42 Å². The monoisotopic (exact) mass is 452 g/mol. The number of aryl methyl sites for hydroxylation is 1. The fourth-order valence-electron chi connectivity index (χ4n) is 2.75. The molecule has 9 heteroatoms. The van der Waals surface area contributed by atoms with Crippen molar-refractivity contribution in [2.45, 2.75) is 58.1 Å². The van der Waals surface area contributed by atoms with E-state index < -0.39 is 27.9 Å². The number of hydrogen-bond acceptors (Lipinski definition) is 6. The molecule has 1 atom stereocenters. The Balaban J connectivity index is 2.28. The van der Waals surface area contributed by atoms with Crippen LogP contribution in [-0.4, -0.2) is 36.7 Å². The first-order valence-electron chi connectivity index (χ1n) is 9.67. The minimum Gasteiger partial charge on any atom is -0.461 e. The molecule has 0 unspecified atom stereocenters. The molecule has 1 N–H and O–H groups in total. The molecule has 30 heavy (non-hydrogen) atoms. The third kappa shape index (κ3) is 6.12. The number of carbonyl (C=O) groups excluding carboxylic acids is 2. The van der Waals surface area contributed by atoms with E-state index in [-0.39, 0.29) is 22.6 Å². The minimum atomic E-state index is -3.98. The molecule has 0 aromatic heterocycles. The van der Waals surface area contributed by atoms with Crippen LogP contribution in [0.3, 0.4) is 0 Å². The molecule has 2 rings (SSSR count). The van der Waals surface area contributed by atoms with Gasteiger partial charge in [0.2, 0.25) is 0 Å². The van der Waals surface area contributed by atoms with Crippen molar-refractivity contribution < 1.29 is 22.7 Å². The van der Waals surface area contributed by atoms with E-state index in [1.165, 1.54) is 35.5 Å². The van der Waals surface area contributed by atoms with Gasteiger partial charge in [0.15, 0.2) is 0 Å². The topological polar surface area (TPSA) is 92.8 Å². The van der Waals surface area contributed by atoms with Gasteiger partial charge in [-0.25, -0.2) is 17.5 Å². The van der Waals surface area contributed by atoms with Crippen molar-refractivity contribution in [2.75, 3.05) is 0 Å². The summed E-state index contributed by atoms with van der Waals surface area (Å²) >= 11 is 1.18. The van der Waals surface area contributed by atoms with E-state index in [4.69, 9.17) is 4.74 Å². The Labute approximate surface area is 182 Å². The van der Waals surface area contributed by atoms with Crippen LogP contribution in [0.25, 0.3) is 0 Å². The summed E-state index contributed by atoms with van der Waals surface area (Å²) in [4.78, 5) is 25.5. The summed E-state index contributed by atoms with van der Waals surface area (Å²) in [6, 6.07) is 5.51. The van der Waals surface area contributed by atoms with Crippen molar-refractivity contribution >= 4 is 33.7 Å². The van der Waals surface area contributed by atoms with Crippen LogP contribution in [0.15, 0.2) is 51.9 Å². The molecule has 1 aliphatic rings. The van der Waals surface area contributed by atoms with E-state index in [1.807, 2.05) is 20.8 Å². The van der Waals surface area contributed by atoms with E-state index in [0.717, 1.165) is 9.87 Å². The molecule has 1 aliphatic heterocycles. The maximum Gasteiger partial charge on any atom is 0.328 e. The summed E-state index contributed by atoms with van der Waals surface area (Å²) in [5.41, 5.74) is 0.849. The lowest BCUT2D eigenvalue weighted by atomic mass is 10.0. The molecule has 0 saturated heterocycles. The summed E-state index contributed by atoms with van der Waals surface area (Å²) in [6.45, 7) is 9.17. The van der Waals surface area contributed by atoms with Crippen LogP contribution in [0.1, 0.15) is 39.7 Å². The second-order valence-electron chi connectivity index (χ2n) is 7.68. The molecular weight excluding hydrogens is 424 g/mol. The highest BCUT2D eigenvalue weighted by molar-refractivity contribution is 8.05. The second-order valence-corrected chi connectivity index (χ2v) is 10.3. The SMILES string of the molecule is Cc1ccc(S(=O)(=O)N2C=CSC=C2C(=O)N[C@H](CC(C)C)C(=O)OC(C)C)cc1. The zero-order valence-electron chi connectivity index (χ0n) is 17.8. The number of nitrogens with zero attached hydrogens (tertiary/aromatic N) is 1. The van der Waals surface area contributed by atoms with Gasteiger partial charge in [-0.15, -0.1) is 11.8 Å². The maximum atomic E-state index is 13.1. The van der Waals surface area contributed by atoms with Gasteiger partial charge in [-0.3, -0.25) is 4.79 Å². The molecule has 0 aliphatic carbocycles. The molecule has 1 aromatic rings. The van der Waals surface area contributed by atoms with Crippen LogP contribution in [0.2, 0.25) is 0 Å². The largest absolute Gasteiger partial charge is 0.461 e. The standard InChI is InChI=1S/C21H28N2O5S2/c1-14(2)12-18(21(25)28-15(3)4)22-20(24)19-13-29-11-10-23(19)30(26,27)17-8-6-16(5)7-9-17/h6-11,13-15,18H,12H2,1-5H3,(H,22,24)/t18-/m1/s1. The molecule has 0 saturated carbocycles. The van der Waals surface area contributed by atoms with E-state index >= 15 is 0 Å². The number of hydrogen-bond donors (Lipinski definition) is 1. The van der Waals surface area contributed by atoms with Gasteiger partial charge in [0.1, 0.15) is 11.7 Å². The van der Waals surface area contributed by atoms with Gasteiger partial charge >= 0.3 is 5.97 Å². The number of nitrogens with one attached hydrogen (secondary N) is 1. The Morgan fingerprint density at radius 2 is 1.77 bits per heavy atom. The first-order valence-corrected chi connectivity index (χ1v) is 12.1. The summed E-state index contributed by atoms with van der Waals surface area (Å²) in [6.07, 6.45) is 1.38. The average Bonchev–Trinajstić information content (AvgIpc) is 2.67. The third-order valence-corrected chi connectivity index (χ3v) is 6.49.